The molecule has 5 nitrogen and oxygen atoms in total. The average Bonchev–Trinajstić information content (AvgIpc) is 2.29. The van der Waals surface area contributed by atoms with E-state index in [-0.39, 0.29) is 16.4 Å². The quantitative estimate of drug-likeness (QED) is 0.821. The van der Waals surface area contributed by atoms with Crippen LogP contribution in [-0.4, -0.2) is 46.8 Å². The van der Waals surface area contributed by atoms with Crippen molar-refractivity contribution >= 4 is 23.2 Å². The number of nitrogens with zero attached hydrogens (tertiary/aromatic N) is 2. The minimum atomic E-state index is -4.57. The van der Waals surface area contributed by atoms with E-state index in [0.29, 0.717) is 4.90 Å². The van der Waals surface area contributed by atoms with Gasteiger partial charge in [0.15, 0.2) is 0 Å². The molecule has 3 N–H and O–H groups in total. The molecule has 1 heterocycles. The molecule has 1 aromatic rings. The summed E-state index contributed by atoms with van der Waals surface area (Å²) in [6.07, 6.45) is -3.49. The van der Waals surface area contributed by atoms with Crippen molar-refractivity contribution in [3.05, 3.63) is 23.0 Å². The number of rotatable bonds is 4. The van der Waals surface area contributed by atoms with Gasteiger partial charge in [0.2, 0.25) is 0 Å². The van der Waals surface area contributed by atoms with Gasteiger partial charge in [-0.1, -0.05) is 11.6 Å². The van der Waals surface area contributed by atoms with Gasteiger partial charge in [-0.05, 0) is 6.07 Å². The van der Waals surface area contributed by atoms with Crippen molar-refractivity contribution in [1.29, 1.82) is 0 Å². The summed E-state index contributed by atoms with van der Waals surface area (Å²) in [5, 5.41) is 8.66. The van der Waals surface area contributed by atoms with Gasteiger partial charge in [0.05, 0.1) is 24.1 Å². The van der Waals surface area contributed by atoms with Crippen molar-refractivity contribution in [2.75, 3.05) is 25.4 Å². The van der Waals surface area contributed by atoms with Gasteiger partial charge < -0.3 is 15.7 Å². The van der Waals surface area contributed by atoms with Crippen molar-refractivity contribution in [3.8, 4) is 0 Å². The second-order valence-electron chi connectivity index (χ2n) is 3.66. The standard InChI is InChI=1S/C10H11ClF3N3O2/c11-8-3-6(7(15)4-16-8)9(19)17(1-2-18)5-10(12,13)14/h3-4,18H,1-2,5,15H2. The van der Waals surface area contributed by atoms with Crippen molar-refractivity contribution in [2.24, 2.45) is 0 Å². The number of carbonyl (C=O) groups excluding carboxylic acids is 1. The van der Waals surface area contributed by atoms with Gasteiger partial charge in [0.1, 0.15) is 11.7 Å². The minimum absolute atomic E-state index is 0.0616. The number of hydrogen-bond donors (Lipinski definition) is 2. The lowest BCUT2D eigenvalue weighted by Crippen LogP contribution is -2.41. The highest BCUT2D eigenvalue weighted by Crippen LogP contribution is 2.21. The molecule has 0 fully saturated rings. The Morgan fingerprint density at radius 1 is 1.53 bits per heavy atom. The Labute approximate surface area is 111 Å². The minimum Gasteiger partial charge on any atom is -0.397 e. The normalized spacial score (nSPS) is 11.4. The van der Waals surface area contributed by atoms with E-state index in [4.69, 9.17) is 22.4 Å². The van der Waals surface area contributed by atoms with E-state index >= 15 is 0 Å². The summed E-state index contributed by atoms with van der Waals surface area (Å²) in [4.78, 5) is 16.0. The highest BCUT2D eigenvalue weighted by molar-refractivity contribution is 6.29. The molecule has 0 bridgehead atoms. The topological polar surface area (TPSA) is 79.5 Å². The monoisotopic (exact) mass is 297 g/mol. The molecule has 1 rings (SSSR count). The van der Waals surface area contributed by atoms with Crippen LogP contribution in [-0.2, 0) is 0 Å². The smallest absolute Gasteiger partial charge is 0.397 e. The highest BCUT2D eigenvalue weighted by atomic mass is 35.5. The van der Waals surface area contributed by atoms with Gasteiger partial charge in [-0.25, -0.2) is 4.98 Å². The van der Waals surface area contributed by atoms with Crippen molar-refractivity contribution in [2.45, 2.75) is 6.18 Å². The third-order valence-corrected chi connectivity index (χ3v) is 2.37. The molecular formula is C10H11ClF3N3O2. The van der Waals surface area contributed by atoms with Crippen LogP contribution in [0.2, 0.25) is 5.15 Å². The van der Waals surface area contributed by atoms with E-state index in [9.17, 15) is 18.0 Å². The summed E-state index contributed by atoms with van der Waals surface area (Å²) >= 11 is 5.57. The molecule has 0 aliphatic carbocycles. The molecular weight excluding hydrogens is 287 g/mol. The van der Waals surface area contributed by atoms with Gasteiger partial charge in [-0.15, -0.1) is 0 Å². The Morgan fingerprint density at radius 3 is 2.68 bits per heavy atom. The van der Waals surface area contributed by atoms with Crippen molar-refractivity contribution in [3.63, 3.8) is 0 Å². The van der Waals surface area contributed by atoms with Crippen molar-refractivity contribution < 1.29 is 23.1 Å². The average molecular weight is 298 g/mol. The van der Waals surface area contributed by atoms with E-state index in [2.05, 4.69) is 4.98 Å². The predicted molar refractivity (Wildman–Crippen MR) is 62.7 cm³/mol. The Kier molecular flexibility index (Phi) is 4.96. The summed E-state index contributed by atoms with van der Waals surface area (Å²) < 4.78 is 37.0. The van der Waals surface area contributed by atoms with E-state index in [0.717, 1.165) is 12.3 Å². The number of aliphatic hydroxyl groups excluding tert-OH is 1. The highest BCUT2D eigenvalue weighted by Gasteiger charge is 2.33. The summed E-state index contributed by atoms with van der Waals surface area (Å²) in [5.41, 5.74) is 5.21. The summed E-state index contributed by atoms with van der Waals surface area (Å²) in [7, 11) is 0. The molecule has 0 aliphatic heterocycles. The zero-order valence-electron chi connectivity index (χ0n) is 9.62. The molecule has 19 heavy (non-hydrogen) atoms. The SMILES string of the molecule is Nc1cnc(Cl)cc1C(=O)N(CCO)CC(F)(F)F. The van der Waals surface area contributed by atoms with Crippen LogP contribution in [0.1, 0.15) is 10.4 Å². The number of nitrogen functional groups attached to an aromatic ring is 1. The van der Waals surface area contributed by atoms with Crippen LogP contribution in [0.5, 0.6) is 0 Å². The molecule has 0 saturated heterocycles. The largest absolute Gasteiger partial charge is 0.406 e. The Bertz CT molecular complexity index is 468. The molecule has 0 unspecified atom stereocenters. The zero-order valence-corrected chi connectivity index (χ0v) is 10.4. The number of alkyl halides is 3. The molecule has 1 amide bonds. The van der Waals surface area contributed by atoms with Gasteiger partial charge in [0, 0.05) is 6.54 Å². The maximum atomic E-state index is 12.3. The molecule has 1 aromatic heterocycles. The Morgan fingerprint density at radius 2 is 2.16 bits per heavy atom. The van der Waals surface area contributed by atoms with E-state index < -0.39 is 31.8 Å². The molecule has 0 spiro atoms. The first-order chi connectivity index (χ1) is 8.74. The van der Waals surface area contributed by atoms with E-state index in [1.54, 1.807) is 0 Å². The van der Waals surface area contributed by atoms with Crippen molar-refractivity contribution in [1.82, 2.24) is 9.88 Å². The molecule has 106 valence electrons. The molecule has 0 aliphatic rings. The number of aromatic nitrogens is 1. The molecule has 0 saturated carbocycles. The molecule has 0 atom stereocenters. The molecule has 0 radical (unpaired) electrons. The second kappa shape index (κ2) is 6.07. The number of carbonyl (C=O) groups is 1. The van der Waals surface area contributed by atoms with E-state index in [1.807, 2.05) is 0 Å². The number of anilines is 1. The number of amides is 1. The lowest BCUT2D eigenvalue weighted by Gasteiger charge is -2.23. The van der Waals surface area contributed by atoms with Gasteiger partial charge in [0.25, 0.3) is 5.91 Å². The lowest BCUT2D eigenvalue weighted by molar-refractivity contribution is -0.141. The number of hydrogen-bond acceptors (Lipinski definition) is 4. The number of halogens is 4. The zero-order chi connectivity index (χ0) is 14.6. The van der Waals surface area contributed by atoms with Gasteiger partial charge in [-0.3, -0.25) is 4.79 Å². The first kappa shape index (κ1) is 15.5. The number of aliphatic hydroxyl groups is 1. The van der Waals surface area contributed by atoms with E-state index in [1.165, 1.54) is 0 Å². The second-order valence-corrected chi connectivity index (χ2v) is 4.05. The fraction of sp³-hybridized carbons (Fsp3) is 0.400. The van der Waals surface area contributed by atoms with Crippen LogP contribution in [0.4, 0.5) is 18.9 Å². The summed E-state index contributed by atoms with van der Waals surface area (Å²) in [5.74, 6) is -0.965. The lowest BCUT2D eigenvalue weighted by atomic mass is 10.2. The summed E-state index contributed by atoms with van der Waals surface area (Å²) in [6.45, 7) is -2.54. The number of pyridine rings is 1. The molecule has 0 aromatic carbocycles. The third kappa shape index (κ3) is 4.56. The van der Waals surface area contributed by atoms with Crippen LogP contribution in [0, 0.1) is 0 Å². The first-order valence-electron chi connectivity index (χ1n) is 5.12. The first-order valence-corrected chi connectivity index (χ1v) is 5.50. The maximum Gasteiger partial charge on any atom is 0.406 e. The van der Waals surface area contributed by atoms with Crippen LogP contribution in [0.3, 0.4) is 0 Å². The summed E-state index contributed by atoms with van der Waals surface area (Å²) in [6, 6.07) is 1.08. The Balaban J connectivity index is 3.02. The van der Waals surface area contributed by atoms with Gasteiger partial charge >= 0.3 is 6.18 Å². The van der Waals surface area contributed by atoms with Crippen LogP contribution < -0.4 is 5.73 Å². The maximum absolute atomic E-state index is 12.3. The van der Waals surface area contributed by atoms with Crippen LogP contribution in [0.25, 0.3) is 0 Å². The van der Waals surface area contributed by atoms with Crippen LogP contribution in [0.15, 0.2) is 12.3 Å². The fourth-order valence-corrected chi connectivity index (χ4v) is 1.54. The van der Waals surface area contributed by atoms with Crippen LogP contribution >= 0.6 is 11.6 Å². The number of nitrogens with two attached hydrogens (primary N) is 1. The third-order valence-electron chi connectivity index (χ3n) is 2.16. The van der Waals surface area contributed by atoms with Gasteiger partial charge in [-0.2, -0.15) is 13.2 Å². The molecule has 9 heteroatoms. The predicted octanol–water partition coefficient (Wildman–Crippen LogP) is 1.31. The fourth-order valence-electron chi connectivity index (χ4n) is 1.39. The Hall–Kier alpha value is -1.54.